The maximum Gasteiger partial charge on any atom is 0.123 e. The number of methoxy groups -OCH3 is 1. The number of nitrogens with zero attached hydrogens (tertiary/aromatic N) is 1. The summed E-state index contributed by atoms with van der Waals surface area (Å²) in [4.78, 5) is 2.15. The summed E-state index contributed by atoms with van der Waals surface area (Å²) >= 11 is 0. The number of rotatable bonds is 7. The lowest BCUT2D eigenvalue weighted by atomic mass is 10.0. The molecule has 0 aliphatic heterocycles. The first-order valence-electron chi connectivity index (χ1n) is 6.18. The standard InChI is InChI=1S/C14H24N2O/c1-16(2)11-13-10-12(6-4-5-9-15)7-8-14(13)17-3/h7-8,10H,4-6,9,11,15H2,1-3H3. The van der Waals surface area contributed by atoms with Gasteiger partial charge in [0, 0.05) is 12.1 Å². The Kier molecular flexibility index (Phi) is 6.01. The number of benzene rings is 1. The van der Waals surface area contributed by atoms with Crippen molar-refractivity contribution in [3.8, 4) is 5.75 Å². The lowest BCUT2D eigenvalue weighted by molar-refractivity contribution is 0.371. The fraction of sp³-hybridized carbons (Fsp3) is 0.571. The minimum atomic E-state index is 0.778. The average Bonchev–Trinajstić information content (AvgIpc) is 2.29. The number of aryl methyl sites for hydroxylation is 1. The summed E-state index contributed by atoms with van der Waals surface area (Å²) in [7, 11) is 5.86. The van der Waals surface area contributed by atoms with E-state index in [0.29, 0.717) is 0 Å². The maximum atomic E-state index is 5.51. The molecule has 0 saturated carbocycles. The number of unbranched alkanes of at least 4 members (excludes halogenated alkanes) is 1. The third-order valence-electron chi connectivity index (χ3n) is 2.75. The van der Waals surface area contributed by atoms with Crippen LogP contribution in [0.3, 0.4) is 0 Å². The van der Waals surface area contributed by atoms with Crippen LogP contribution in [0.4, 0.5) is 0 Å². The highest BCUT2D eigenvalue weighted by Gasteiger charge is 2.05. The van der Waals surface area contributed by atoms with Gasteiger partial charge in [-0.2, -0.15) is 0 Å². The number of nitrogens with two attached hydrogens (primary N) is 1. The summed E-state index contributed by atoms with van der Waals surface area (Å²) < 4.78 is 5.38. The van der Waals surface area contributed by atoms with E-state index in [1.807, 2.05) is 0 Å². The number of hydrogen-bond donors (Lipinski definition) is 1. The molecule has 0 amide bonds. The first-order chi connectivity index (χ1) is 8.17. The Morgan fingerprint density at radius 2 is 2.00 bits per heavy atom. The van der Waals surface area contributed by atoms with Gasteiger partial charge in [-0.25, -0.2) is 0 Å². The molecule has 0 aliphatic carbocycles. The van der Waals surface area contributed by atoms with Crippen molar-refractivity contribution in [3.63, 3.8) is 0 Å². The molecule has 2 N–H and O–H groups in total. The van der Waals surface area contributed by atoms with E-state index in [9.17, 15) is 0 Å². The molecule has 96 valence electrons. The topological polar surface area (TPSA) is 38.5 Å². The Morgan fingerprint density at radius 1 is 1.24 bits per heavy atom. The van der Waals surface area contributed by atoms with Crippen molar-refractivity contribution < 1.29 is 4.74 Å². The molecular formula is C14H24N2O. The molecule has 0 atom stereocenters. The molecule has 0 unspecified atom stereocenters. The zero-order chi connectivity index (χ0) is 12.7. The monoisotopic (exact) mass is 236 g/mol. The molecule has 0 bridgehead atoms. The van der Waals surface area contributed by atoms with Gasteiger partial charge in [-0.15, -0.1) is 0 Å². The van der Waals surface area contributed by atoms with Crippen molar-refractivity contribution in [1.82, 2.24) is 4.90 Å². The van der Waals surface area contributed by atoms with Crippen molar-refractivity contribution in [2.45, 2.75) is 25.8 Å². The molecule has 3 nitrogen and oxygen atoms in total. The minimum Gasteiger partial charge on any atom is -0.496 e. The largest absolute Gasteiger partial charge is 0.496 e. The van der Waals surface area contributed by atoms with Crippen molar-refractivity contribution in [1.29, 1.82) is 0 Å². The Balaban J connectivity index is 2.73. The van der Waals surface area contributed by atoms with Gasteiger partial charge >= 0.3 is 0 Å². The van der Waals surface area contributed by atoms with Gasteiger partial charge in [0.15, 0.2) is 0 Å². The predicted molar refractivity (Wildman–Crippen MR) is 72.4 cm³/mol. The normalized spacial score (nSPS) is 10.9. The molecule has 1 rings (SSSR count). The van der Waals surface area contributed by atoms with Gasteiger partial charge in [0.05, 0.1) is 7.11 Å². The quantitative estimate of drug-likeness (QED) is 0.736. The van der Waals surface area contributed by atoms with E-state index in [4.69, 9.17) is 10.5 Å². The first kappa shape index (κ1) is 14.0. The molecule has 0 aliphatic rings. The summed E-state index contributed by atoms with van der Waals surface area (Å²) in [6.45, 7) is 1.69. The summed E-state index contributed by atoms with van der Waals surface area (Å²) in [6.07, 6.45) is 3.35. The fourth-order valence-electron chi connectivity index (χ4n) is 1.93. The summed E-state index contributed by atoms with van der Waals surface area (Å²) in [5.74, 6) is 0.973. The van der Waals surface area contributed by atoms with E-state index >= 15 is 0 Å². The van der Waals surface area contributed by atoms with Crippen LogP contribution in [0.25, 0.3) is 0 Å². The van der Waals surface area contributed by atoms with E-state index in [-0.39, 0.29) is 0 Å². The minimum absolute atomic E-state index is 0.778. The van der Waals surface area contributed by atoms with Gasteiger partial charge in [0.25, 0.3) is 0 Å². The third kappa shape index (κ3) is 4.75. The van der Waals surface area contributed by atoms with Gasteiger partial charge in [0.2, 0.25) is 0 Å². The van der Waals surface area contributed by atoms with E-state index in [0.717, 1.165) is 38.1 Å². The van der Waals surface area contributed by atoms with Gasteiger partial charge in [-0.1, -0.05) is 12.1 Å². The van der Waals surface area contributed by atoms with Crippen LogP contribution in [0.5, 0.6) is 5.75 Å². The van der Waals surface area contributed by atoms with Gasteiger partial charge in [-0.05, 0) is 51.5 Å². The predicted octanol–water partition coefficient (Wildman–Crippen LogP) is 2.04. The van der Waals surface area contributed by atoms with E-state index < -0.39 is 0 Å². The molecule has 3 heteroatoms. The van der Waals surface area contributed by atoms with Crippen LogP contribution in [0.1, 0.15) is 24.0 Å². The third-order valence-corrected chi connectivity index (χ3v) is 2.75. The Labute approximate surface area is 105 Å². The second-order valence-corrected chi connectivity index (χ2v) is 4.63. The molecule has 1 aromatic carbocycles. The molecule has 1 aromatic rings. The van der Waals surface area contributed by atoms with Crippen molar-refractivity contribution >= 4 is 0 Å². The van der Waals surface area contributed by atoms with Crippen molar-refractivity contribution in [3.05, 3.63) is 29.3 Å². The van der Waals surface area contributed by atoms with Gasteiger partial charge < -0.3 is 15.4 Å². The average molecular weight is 236 g/mol. The Morgan fingerprint density at radius 3 is 2.59 bits per heavy atom. The Bertz CT molecular complexity index is 337. The summed E-state index contributed by atoms with van der Waals surface area (Å²) in [5.41, 5.74) is 8.13. The van der Waals surface area contributed by atoms with Crippen LogP contribution in [0, 0.1) is 0 Å². The van der Waals surface area contributed by atoms with Crippen LogP contribution in [-0.2, 0) is 13.0 Å². The zero-order valence-corrected chi connectivity index (χ0v) is 11.2. The highest BCUT2D eigenvalue weighted by atomic mass is 16.5. The highest BCUT2D eigenvalue weighted by Crippen LogP contribution is 2.21. The van der Waals surface area contributed by atoms with E-state index in [2.05, 4.69) is 37.2 Å². The molecule has 0 saturated heterocycles. The molecule has 0 aromatic heterocycles. The second-order valence-electron chi connectivity index (χ2n) is 4.63. The number of hydrogen-bond acceptors (Lipinski definition) is 3. The van der Waals surface area contributed by atoms with Crippen LogP contribution >= 0.6 is 0 Å². The molecular weight excluding hydrogens is 212 g/mol. The summed E-state index contributed by atoms with van der Waals surface area (Å²) in [5, 5.41) is 0. The lowest BCUT2D eigenvalue weighted by Crippen LogP contribution is -2.12. The van der Waals surface area contributed by atoms with Gasteiger partial charge in [-0.3, -0.25) is 0 Å². The summed E-state index contributed by atoms with van der Waals surface area (Å²) in [6, 6.07) is 6.46. The van der Waals surface area contributed by atoms with Crippen molar-refractivity contribution in [2.75, 3.05) is 27.7 Å². The van der Waals surface area contributed by atoms with Crippen LogP contribution in [-0.4, -0.2) is 32.6 Å². The van der Waals surface area contributed by atoms with E-state index in [1.165, 1.54) is 11.1 Å². The fourth-order valence-corrected chi connectivity index (χ4v) is 1.93. The molecule has 0 fully saturated rings. The molecule has 17 heavy (non-hydrogen) atoms. The van der Waals surface area contributed by atoms with Gasteiger partial charge in [0.1, 0.15) is 5.75 Å². The smallest absolute Gasteiger partial charge is 0.123 e. The second kappa shape index (κ2) is 7.30. The molecule has 0 radical (unpaired) electrons. The molecule has 0 spiro atoms. The molecule has 0 heterocycles. The Hall–Kier alpha value is -1.06. The first-order valence-corrected chi connectivity index (χ1v) is 6.18. The zero-order valence-electron chi connectivity index (χ0n) is 11.2. The van der Waals surface area contributed by atoms with Crippen LogP contribution in [0.2, 0.25) is 0 Å². The SMILES string of the molecule is COc1ccc(CCCCN)cc1CN(C)C. The maximum absolute atomic E-state index is 5.51. The van der Waals surface area contributed by atoms with Crippen molar-refractivity contribution in [2.24, 2.45) is 5.73 Å². The van der Waals surface area contributed by atoms with Crippen LogP contribution < -0.4 is 10.5 Å². The van der Waals surface area contributed by atoms with Crippen LogP contribution in [0.15, 0.2) is 18.2 Å². The number of ether oxygens (including phenoxy) is 1. The lowest BCUT2D eigenvalue weighted by Gasteiger charge is -2.14. The highest BCUT2D eigenvalue weighted by molar-refractivity contribution is 5.37. The van der Waals surface area contributed by atoms with E-state index in [1.54, 1.807) is 7.11 Å².